The number of hydrogen-bond acceptors (Lipinski definition) is 3. The van der Waals surface area contributed by atoms with Crippen molar-refractivity contribution in [2.75, 3.05) is 19.8 Å². The molecule has 0 radical (unpaired) electrons. The Bertz CT molecular complexity index is 179. The van der Waals surface area contributed by atoms with E-state index in [2.05, 4.69) is 32.2 Å². The lowest BCUT2D eigenvalue weighted by Crippen LogP contribution is -2.32. The van der Waals surface area contributed by atoms with Crippen LogP contribution in [-0.4, -0.2) is 25.8 Å². The monoisotopic (exact) mass is 198 g/mol. The molecule has 0 spiro atoms. The maximum atomic E-state index is 8.72. The second kappa shape index (κ2) is 6.80. The highest BCUT2D eigenvalue weighted by Gasteiger charge is 2.10. The second-order valence-corrected chi connectivity index (χ2v) is 4.62. The van der Waals surface area contributed by atoms with Gasteiger partial charge in [0.25, 0.3) is 0 Å². The van der Waals surface area contributed by atoms with Crippen LogP contribution in [0.25, 0.3) is 0 Å². The molecule has 0 bridgehead atoms. The van der Waals surface area contributed by atoms with Gasteiger partial charge in [-0.05, 0) is 18.4 Å². The van der Waals surface area contributed by atoms with Gasteiger partial charge in [-0.25, -0.2) is 0 Å². The molecule has 14 heavy (non-hydrogen) atoms. The number of likely N-dealkylation sites (N-methyl/N-ethyl adjacent to an activating group) is 1. The van der Waals surface area contributed by atoms with Crippen LogP contribution in [0.15, 0.2) is 0 Å². The first-order valence-electron chi connectivity index (χ1n) is 5.20. The SMILES string of the molecule is CCNC(C#N)COCCC(C)(C)C. The summed E-state index contributed by atoms with van der Waals surface area (Å²) in [6, 6.07) is 2.00. The summed E-state index contributed by atoms with van der Waals surface area (Å²) < 4.78 is 5.43. The first-order valence-corrected chi connectivity index (χ1v) is 5.20. The molecule has 3 nitrogen and oxygen atoms in total. The lowest BCUT2D eigenvalue weighted by Gasteiger charge is -2.18. The van der Waals surface area contributed by atoms with Crippen LogP contribution in [0.5, 0.6) is 0 Å². The topological polar surface area (TPSA) is 45.0 Å². The van der Waals surface area contributed by atoms with Gasteiger partial charge in [-0.2, -0.15) is 5.26 Å². The van der Waals surface area contributed by atoms with Crippen molar-refractivity contribution >= 4 is 0 Å². The zero-order chi connectivity index (χ0) is 11.0. The highest BCUT2D eigenvalue weighted by Crippen LogP contribution is 2.17. The molecule has 0 aromatic carbocycles. The van der Waals surface area contributed by atoms with Gasteiger partial charge in [-0.3, -0.25) is 0 Å². The van der Waals surface area contributed by atoms with Crippen molar-refractivity contribution in [1.29, 1.82) is 5.26 Å². The highest BCUT2D eigenvalue weighted by atomic mass is 16.5. The Morgan fingerprint density at radius 3 is 2.50 bits per heavy atom. The van der Waals surface area contributed by atoms with E-state index in [0.717, 1.165) is 19.6 Å². The number of nitrogens with one attached hydrogen (secondary N) is 1. The third-order valence-electron chi connectivity index (χ3n) is 1.89. The van der Waals surface area contributed by atoms with Gasteiger partial charge in [-0.1, -0.05) is 27.7 Å². The van der Waals surface area contributed by atoms with E-state index in [-0.39, 0.29) is 6.04 Å². The minimum atomic E-state index is -0.167. The molecule has 82 valence electrons. The number of nitrogens with zero attached hydrogens (tertiary/aromatic N) is 1. The highest BCUT2D eigenvalue weighted by molar-refractivity contribution is 4.88. The summed E-state index contributed by atoms with van der Waals surface area (Å²) >= 11 is 0. The Kier molecular flexibility index (Phi) is 6.52. The van der Waals surface area contributed by atoms with E-state index in [9.17, 15) is 0 Å². The third-order valence-corrected chi connectivity index (χ3v) is 1.89. The zero-order valence-corrected chi connectivity index (χ0v) is 9.76. The van der Waals surface area contributed by atoms with Crippen LogP contribution in [0, 0.1) is 16.7 Å². The fourth-order valence-corrected chi connectivity index (χ4v) is 0.968. The quantitative estimate of drug-likeness (QED) is 0.663. The third kappa shape index (κ3) is 8.03. The van der Waals surface area contributed by atoms with Crippen molar-refractivity contribution in [1.82, 2.24) is 5.32 Å². The first kappa shape index (κ1) is 13.4. The van der Waals surface area contributed by atoms with Crippen LogP contribution < -0.4 is 5.32 Å². The van der Waals surface area contributed by atoms with Crippen molar-refractivity contribution < 1.29 is 4.74 Å². The molecule has 0 heterocycles. The molecule has 1 atom stereocenters. The van der Waals surface area contributed by atoms with Crippen LogP contribution in [0.3, 0.4) is 0 Å². The normalized spacial score (nSPS) is 13.6. The minimum absolute atomic E-state index is 0.167. The Labute approximate surface area is 87.4 Å². The summed E-state index contributed by atoms with van der Waals surface area (Å²) in [6.07, 6.45) is 1.03. The molecule has 0 saturated heterocycles. The summed E-state index contributed by atoms with van der Waals surface area (Å²) in [5, 5.41) is 11.8. The van der Waals surface area contributed by atoms with E-state index in [4.69, 9.17) is 10.00 Å². The van der Waals surface area contributed by atoms with Crippen molar-refractivity contribution in [2.24, 2.45) is 5.41 Å². The van der Waals surface area contributed by atoms with E-state index in [1.807, 2.05) is 6.92 Å². The molecule has 0 fully saturated rings. The Morgan fingerprint density at radius 1 is 1.43 bits per heavy atom. The van der Waals surface area contributed by atoms with Gasteiger partial charge in [0.15, 0.2) is 0 Å². The fraction of sp³-hybridized carbons (Fsp3) is 0.909. The maximum absolute atomic E-state index is 8.72. The maximum Gasteiger partial charge on any atom is 0.119 e. The van der Waals surface area contributed by atoms with Gasteiger partial charge in [0.1, 0.15) is 6.04 Å². The predicted molar refractivity (Wildman–Crippen MR) is 58.0 cm³/mol. The summed E-state index contributed by atoms with van der Waals surface area (Å²) in [5.74, 6) is 0. The molecule has 0 aromatic rings. The number of hydrogen-bond donors (Lipinski definition) is 1. The minimum Gasteiger partial charge on any atom is -0.379 e. The number of ether oxygens (including phenoxy) is 1. The van der Waals surface area contributed by atoms with Crippen LogP contribution >= 0.6 is 0 Å². The standard InChI is InChI=1S/C11H22N2O/c1-5-13-10(8-12)9-14-7-6-11(2,3)4/h10,13H,5-7,9H2,1-4H3. The van der Waals surface area contributed by atoms with Gasteiger partial charge in [0.05, 0.1) is 12.7 Å². The molecule has 3 heteroatoms. The smallest absolute Gasteiger partial charge is 0.119 e. The Morgan fingerprint density at radius 2 is 2.07 bits per heavy atom. The van der Waals surface area contributed by atoms with Crippen LogP contribution in [-0.2, 0) is 4.74 Å². The molecular formula is C11H22N2O. The van der Waals surface area contributed by atoms with Crippen molar-refractivity contribution in [3.63, 3.8) is 0 Å². The predicted octanol–water partition coefficient (Wildman–Crippen LogP) is 1.94. The first-order chi connectivity index (χ1) is 6.49. The average molecular weight is 198 g/mol. The molecule has 0 rings (SSSR count). The Hall–Kier alpha value is -0.590. The van der Waals surface area contributed by atoms with E-state index in [0.29, 0.717) is 12.0 Å². The van der Waals surface area contributed by atoms with Gasteiger partial charge in [0, 0.05) is 6.61 Å². The van der Waals surface area contributed by atoms with Crippen LogP contribution in [0.2, 0.25) is 0 Å². The number of rotatable bonds is 6. The lowest BCUT2D eigenvalue weighted by molar-refractivity contribution is 0.0998. The molecular weight excluding hydrogens is 176 g/mol. The Balaban J connectivity index is 3.48. The molecule has 0 saturated carbocycles. The molecule has 0 aliphatic heterocycles. The molecule has 0 aromatic heterocycles. The van der Waals surface area contributed by atoms with Crippen LogP contribution in [0.1, 0.15) is 34.1 Å². The van der Waals surface area contributed by atoms with Crippen LogP contribution in [0.4, 0.5) is 0 Å². The second-order valence-electron chi connectivity index (χ2n) is 4.62. The van der Waals surface area contributed by atoms with Gasteiger partial charge in [-0.15, -0.1) is 0 Å². The molecule has 1 N–H and O–H groups in total. The van der Waals surface area contributed by atoms with Gasteiger partial charge >= 0.3 is 0 Å². The lowest BCUT2D eigenvalue weighted by atomic mass is 9.93. The molecule has 0 amide bonds. The summed E-state index contributed by atoms with van der Waals surface area (Å²) in [6.45, 7) is 10.6. The molecule has 1 unspecified atom stereocenters. The summed E-state index contributed by atoms with van der Waals surface area (Å²) in [4.78, 5) is 0. The van der Waals surface area contributed by atoms with E-state index >= 15 is 0 Å². The average Bonchev–Trinajstić information content (AvgIpc) is 2.08. The molecule has 0 aliphatic carbocycles. The molecule has 0 aliphatic rings. The van der Waals surface area contributed by atoms with Gasteiger partial charge < -0.3 is 10.1 Å². The van der Waals surface area contributed by atoms with E-state index < -0.39 is 0 Å². The van der Waals surface area contributed by atoms with Crippen molar-refractivity contribution in [2.45, 2.75) is 40.2 Å². The van der Waals surface area contributed by atoms with E-state index in [1.165, 1.54) is 0 Å². The van der Waals surface area contributed by atoms with Gasteiger partial charge in [0.2, 0.25) is 0 Å². The van der Waals surface area contributed by atoms with Crippen molar-refractivity contribution in [3.8, 4) is 6.07 Å². The number of nitriles is 1. The summed E-state index contributed by atoms with van der Waals surface area (Å²) in [5.41, 5.74) is 0.306. The largest absolute Gasteiger partial charge is 0.379 e. The zero-order valence-electron chi connectivity index (χ0n) is 9.76. The van der Waals surface area contributed by atoms with Crippen molar-refractivity contribution in [3.05, 3.63) is 0 Å². The fourth-order valence-electron chi connectivity index (χ4n) is 0.968. The van der Waals surface area contributed by atoms with E-state index in [1.54, 1.807) is 0 Å². The summed E-state index contributed by atoms with van der Waals surface area (Å²) in [7, 11) is 0.